The van der Waals surface area contributed by atoms with Crippen LogP contribution in [0.25, 0.3) is 0 Å². The van der Waals surface area contributed by atoms with Crippen molar-refractivity contribution in [3.63, 3.8) is 0 Å². The minimum absolute atomic E-state index is 0.0516. The molecule has 0 bridgehead atoms. The Morgan fingerprint density at radius 2 is 1.82 bits per heavy atom. The maximum atomic E-state index is 11.9. The molecule has 0 saturated carbocycles. The van der Waals surface area contributed by atoms with Gasteiger partial charge in [-0.2, -0.15) is 0 Å². The highest BCUT2D eigenvalue weighted by Gasteiger charge is 2.18. The van der Waals surface area contributed by atoms with E-state index in [9.17, 15) is 14.8 Å². The number of hydrogen-bond donors (Lipinski definition) is 3. The molecule has 22 heavy (non-hydrogen) atoms. The number of rotatable bonds is 6. The largest absolute Gasteiger partial charge is 0.628 e. The van der Waals surface area contributed by atoms with E-state index in [0.29, 0.717) is 15.9 Å². The summed E-state index contributed by atoms with van der Waals surface area (Å²) in [4.78, 5) is 23.7. The summed E-state index contributed by atoms with van der Waals surface area (Å²) in [6.07, 6.45) is 0.0741. The van der Waals surface area contributed by atoms with Gasteiger partial charge in [-0.1, -0.05) is 0 Å². The highest BCUT2D eigenvalue weighted by Crippen LogP contribution is 2.16. The smallest absolute Gasteiger partial charge is 0.338 e. The van der Waals surface area contributed by atoms with Crippen molar-refractivity contribution in [2.24, 2.45) is 0 Å². The van der Waals surface area contributed by atoms with Crippen molar-refractivity contribution < 1.29 is 24.0 Å². The van der Waals surface area contributed by atoms with E-state index in [2.05, 4.69) is 0 Å². The Morgan fingerprint density at radius 1 is 1.27 bits per heavy atom. The van der Waals surface area contributed by atoms with Crippen LogP contribution in [0.1, 0.15) is 10.4 Å². The number of carbonyl (C=O) groups is 1. The van der Waals surface area contributed by atoms with Gasteiger partial charge >= 0.3 is 5.97 Å². The predicted molar refractivity (Wildman–Crippen MR) is 87.2 cm³/mol. The molecule has 0 aliphatic rings. The summed E-state index contributed by atoms with van der Waals surface area (Å²) in [7, 11) is 3.70. The van der Waals surface area contributed by atoms with Crippen molar-refractivity contribution in [2.75, 3.05) is 51.9 Å². The molecule has 0 heterocycles. The minimum atomic E-state index is -1.94. The lowest BCUT2D eigenvalue weighted by Crippen LogP contribution is -2.39. The number of anilines is 2. The minimum Gasteiger partial charge on any atom is -0.628 e. The molecule has 1 aromatic rings. The highest BCUT2D eigenvalue weighted by atomic mass is 31.1. The first-order valence-electron chi connectivity index (χ1n) is 6.71. The SMILES string of the molecule is C[N+](C)(C)C/C(O)=[P+](\[O-])CCOC(=O)c1cc(N)cc(N)c1. The van der Waals surface area contributed by atoms with E-state index < -0.39 is 13.7 Å². The fourth-order valence-electron chi connectivity index (χ4n) is 1.73. The zero-order chi connectivity index (χ0) is 16.9. The molecule has 0 fully saturated rings. The van der Waals surface area contributed by atoms with E-state index in [1.54, 1.807) is 0 Å². The summed E-state index contributed by atoms with van der Waals surface area (Å²) in [6, 6.07) is 4.45. The molecule has 8 heteroatoms. The van der Waals surface area contributed by atoms with Crippen LogP contribution in [0.2, 0.25) is 0 Å². The second kappa shape index (κ2) is 7.56. The maximum absolute atomic E-state index is 11.9. The van der Waals surface area contributed by atoms with Gasteiger partial charge in [-0.25, -0.2) is 4.79 Å². The molecule has 7 nitrogen and oxygen atoms in total. The predicted octanol–water partition coefficient (Wildman–Crippen LogP) is -0.0264. The molecule has 1 rings (SSSR count). The van der Waals surface area contributed by atoms with Gasteiger partial charge in [0.2, 0.25) is 0 Å². The van der Waals surface area contributed by atoms with Crippen LogP contribution >= 0.6 is 7.77 Å². The number of aliphatic hydroxyl groups excluding tert-OH is 1. The number of carbonyl (C=O) groups excluding carboxylic acids is 1. The Hall–Kier alpha value is -1.66. The summed E-state index contributed by atoms with van der Waals surface area (Å²) in [5.41, 5.74) is 12.1. The summed E-state index contributed by atoms with van der Waals surface area (Å²) < 4.78 is 5.49. The average molecular weight is 328 g/mol. The van der Waals surface area contributed by atoms with Gasteiger partial charge in [-0.15, -0.1) is 0 Å². The lowest BCUT2D eigenvalue weighted by atomic mass is 10.2. The molecule has 0 saturated heterocycles. The van der Waals surface area contributed by atoms with Gasteiger partial charge < -0.3 is 30.7 Å². The summed E-state index contributed by atoms with van der Waals surface area (Å²) in [6.45, 7) is 0.235. The van der Waals surface area contributed by atoms with Crippen molar-refractivity contribution in [3.05, 3.63) is 23.8 Å². The average Bonchev–Trinajstić information content (AvgIpc) is 2.35. The molecule has 0 aliphatic carbocycles. The Balaban J connectivity index is 2.56. The molecule has 1 atom stereocenters. The number of quaternary nitrogens is 1. The number of esters is 1. The van der Waals surface area contributed by atoms with Gasteiger partial charge in [0.1, 0.15) is 12.8 Å². The van der Waals surface area contributed by atoms with Crippen molar-refractivity contribution >= 4 is 30.6 Å². The number of likely N-dealkylation sites (N-methyl/N-ethyl adjacent to an activating group) is 1. The number of benzene rings is 1. The number of nitrogens with two attached hydrogens (primary N) is 2. The van der Waals surface area contributed by atoms with Crippen molar-refractivity contribution in [2.45, 2.75) is 0 Å². The second-order valence-corrected chi connectivity index (χ2v) is 7.71. The molecule has 5 N–H and O–H groups in total. The van der Waals surface area contributed by atoms with Gasteiger partial charge in [0.15, 0.2) is 6.54 Å². The van der Waals surface area contributed by atoms with Gasteiger partial charge in [0, 0.05) is 11.4 Å². The number of hydrogen-bond acceptors (Lipinski definition) is 5. The number of nitrogens with zero attached hydrogens (tertiary/aromatic N) is 1. The Labute approximate surface area is 131 Å². The van der Waals surface area contributed by atoms with E-state index in [1.807, 2.05) is 21.1 Å². The van der Waals surface area contributed by atoms with Crippen LogP contribution in [0.5, 0.6) is 0 Å². The topological polar surface area (TPSA) is 122 Å². The van der Waals surface area contributed by atoms with E-state index in [4.69, 9.17) is 16.2 Å². The number of ether oxygens (including phenoxy) is 1. The summed E-state index contributed by atoms with van der Waals surface area (Å²) in [5, 5.41) is 9.75. The quantitative estimate of drug-likeness (QED) is 0.292. The summed E-state index contributed by atoms with van der Waals surface area (Å²) >= 11 is 0. The zero-order valence-corrected chi connectivity index (χ0v) is 14.0. The molecular weight excluding hydrogens is 305 g/mol. The van der Waals surface area contributed by atoms with E-state index in [0.717, 1.165) is 0 Å². The van der Waals surface area contributed by atoms with Gasteiger partial charge in [0.25, 0.3) is 5.48 Å². The third-order valence-electron chi connectivity index (χ3n) is 2.64. The monoisotopic (exact) mass is 328 g/mol. The fraction of sp³-hybridized carbons (Fsp3) is 0.429. The first kappa shape index (κ1) is 18.4. The third kappa shape index (κ3) is 6.41. The molecular formula is C14H23N3O4P+. The van der Waals surface area contributed by atoms with Gasteiger partial charge in [0.05, 0.1) is 34.5 Å². The first-order chi connectivity index (χ1) is 10.1. The maximum Gasteiger partial charge on any atom is 0.338 e. The molecule has 0 aromatic heterocycles. The van der Waals surface area contributed by atoms with E-state index >= 15 is 0 Å². The lowest BCUT2D eigenvalue weighted by molar-refractivity contribution is -0.861. The molecule has 0 radical (unpaired) electrons. The normalized spacial score (nSPS) is 12.8. The van der Waals surface area contributed by atoms with Crippen LogP contribution in [0.4, 0.5) is 11.4 Å². The lowest BCUT2D eigenvalue weighted by Gasteiger charge is -2.22. The van der Waals surface area contributed by atoms with Crippen LogP contribution in [0, 0.1) is 0 Å². The molecule has 0 aliphatic heterocycles. The zero-order valence-electron chi connectivity index (χ0n) is 13.1. The van der Waals surface area contributed by atoms with Gasteiger partial charge in [-0.3, -0.25) is 0 Å². The molecule has 1 aromatic carbocycles. The van der Waals surface area contributed by atoms with E-state index in [-0.39, 0.29) is 30.4 Å². The standard InChI is InChI=1S/C14H22N3O4P/c1-17(2,3)9-13(18)22(20)5-4-21-14(19)10-6-11(15)8-12(16)7-10/h6-8H,4-5,9,15-16H2,1-3H3/p+1. The van der Waals surface area contributed by atoms with E-state index in [1.165, 1.54) is 18.2 Å². The highest BCUT2D eigenvalue weighted by molar-refractivity contribution is 7.51. The van der Waals surface area contributed by atoms with Crippen molar-refractivity contribution in [3.8, 4) is 0 Å². The summed E-state index contributed by atoms with van der Waals surface area (Å²) in [5.74, 6) is -0.589. The molecule has 1 unspecified atom stereocenters. The van der Waals surface area contributed by atoms with Crippen LogP contribution in [-0.2, 0) is 4.74 Å². The van der Waals surface area contributed by atoms with Crippen LogP contribution in [0.3, 0.4) is 0 Å². The van der Waals surface area contributed by atoms with Crippen LogP contribution < -0.4 is 16.4 Å². The van der Waals surface area contributed by atoms with Crippen LogP contribution in [-0.4, -0.2) is 61.5 Å². The third-order valence-corrected chi connectivity index (χ3v) is 3.95. The van der Waals surface area contributed by atoms with Crippen molar-refractivity contribution in [1.29, 1.82) is 0 Å². The Kier molecular flexibility index (Phi) is 6.32. The number of aliphatic hydroxyl groups is 1. The van der Waals surface area contributed by atoms with Crippen molar-refractivity contribution in [1.82, 2.24) is 0 Å². The Morgan fingerprint density at radius 3 is 2.32 bits per heavy atom. The fourth-order valence-corrected chi connectivity index (χ4v) is 2.83. The number of nitrogen functional groups attached to an aromatic ring is 2. The second-order valence-electron chi connectivity index (χ2n) is 5.99. The molecule has 122 valence electrons. The first-order valence-corrected chi connectivity index (χ1v) is 8.16. The Bertz CT molecular complexity index is 562. The van der Waals surface area contributed by atoms with Gasteiger partial charge in [-0.05, 0) is 18.2 Å². The van der Waals surface area contributed by atoms with Crippen LogP contribution in [0.15, 0.2) is 18.2 Å². The molecule has 0 amide bonds. The molecule has 0 spiro atoms.